The van der Waals surface area contributed by atoms with Crippen molar-refractivity contribution in [3.63, 3.8) is 0 Å². The molecule has 0 spiro atoms. The van der Waals surface area contributed by atoms with Crippen LogP contribution in [0.4, 0.5) is 0 Å². The van der Waals surface area contributed by atoms with E-state index in [-0.39, 0.29) is 18.4 Å². The van der Waals surface area contributed by atoms with Gasteiger partial charge in [-0.3, -0.25) is 9.59 Å². The van der Waals surface area contributed by atoms with Gasteiger partial charge >= 0.3 is 5.97 Å². The van der Waals surface area contributed by atoms with Gasteiger partial charge in [0.25, 0.3) is 5.91 Å². The molecule has 2 N–H and O–H groups in total. The van der Waals surface area contributed by atoms with Crippen molar-refractivity contribution in [1.29, 1.82) is 0 Å². The predicted octanol–water partition coefficient (Wildman–Crippen LogP) is 3.13. The quantitative estimate of drug-likeness (QED) is 0.843. The van der Waals surface area contributed by atoms with Gasteiger partial charge in [0.2, 0.25) is 0 Å². The van der Waals surface area contributed by atoms with Crippen molar-refractivity contribution in [3.8, 4) is 0 Å². The second kappa shape index (κ2) is 7.28. The summed E-state index contributed by atoms with van der Waals surface area (Å²) in [5, 5.41) is 11.6. The maximum Gasteiger partial charge on any atom is 0.305 e. The molecule has 0 bridgehead atoms. The van der Waals surface area contributed by atoms with Crippen molar-refractivity contribution in [2.24, 2.45) is 0 Å². The Morgan fingerprint density at radius 2 is 2.11 bits per heavy atom. The van der Waals surface area contributed by atoms with Crippen LogP contribution in [0.2, 0.25) is 0 Å². The van der Waals surface area contributed by atoms with E-state index >= 15 is 0 Å². The number of aryl methyl sites for hydroxylation is 1. The fraction of sp³-hybridized carbons (Fsp3) is 0.429. The first-order valence-corrected chi connectivity index (χ1v) is 7.02. The van der Waals surface area contributed by atoms with Gasteiger partial charge in [0.15, 0.2) is 0 Å². The van der Waals surface area contributed by atoms with Crippen LogP contribution in [0.25, 0.3) is 0 Å². The highest BCUT2D eigenvalue weighted by Gasteiger charge is 2.17. The number of carboxylic acids is 1. The number of carbonyl (C=O) groups excluding carboxylic acids is 1. The maximum atomic E-state index is 12.2. The van der Waals surface area contributed by atoms with Crippen LogP contribution in [0.3, 0.4) is 0 Å². The molecule has 0 aliphatic heterocycles. The van der Waals surface area contributed by atoms with Crippen LogP contribution >= 0.6 is 15.9 Å². The van der Waals surface area contributed by atoms with E-state index in [2.05, 4.69) is 21.2 Å². The average molecular weight is 328 g/mol. The molecule has 5 heteroatoms. The SMILES string of the molecule is CCCC(CC(=O)O)NC(=O)c1cc(Br)ccc1C. The van der Waals surface area contributed by atoms with Crippen LogP contribution in [-0.2, 0) is 4.79 Å². The number of halogens is 1. The number of hydrogen-bond acceptors (Lipinski definition) is 2. The van der Waals surface area contributed by atoms with Crippen LogP contribution in [-0.4, -0.2) is 23.0 Å². The summed E-state index contributed by atoms with van der Waals surface area (Å²) >= 11 is 3.33. The molecule has 1 rings (SSSR count). The summed E-state index contributed by atoms with van der Waals surface area (Å²) in [5.41, 5.74) is 1.44. The minimum atomic E-state index is -0.898. The first-order valence-electron chi connectivity index (χ1n) is 6.22. The van der Waals surface area contributed by atoms with Gasteiger partial charge in [-0.25, -0.2) is 0 Å². The monoisotopic (exact) mass is 327 g/mol. The van der Waals surface area contributed by atoms with Gasteiger partial charge in [0, 0.05) is 16.1 Å². The molecular weight excluding hydrogens is 310 g/mol. The molecule has 4 nitrogen and oxygen atoms in total. The van der Waals surface area contributed by atoms with Crippen LogP contribution in [0.1, 0.15) is 42.1 Å². The van der Waals surface area contributed by atoms with Gasteiger partial charge in [0.05, 0.1) is 6.42 Å². The number of benzene rings is 1. The second-order valence-electron chi connectivity index (χ2n) is 4.52. The molecule has 0 saturated heterocycles. The highest BCUT2D eigenvalue weighted by Crippen LogP contribution is 2.16. The van der Waals surface area contributed by atoms with Crippen LogP contribution in [0.5, 0.6) is 0 Å². The number of hydrogen-bond donors (Lipinski definition) is 2. The molecule has 1 unspecified atom stereocenters. The molecule has 1 amide bonds. The van der Waals surface area contributed by atoms with Gasteiger partial charge < -0.3 is 10.4 Å². The standard InChI is InChI=1S/C14H18BrNO3/c1-3-4-11(8-13(17)18)16-14(19)12-7-10(15)6-5-9(12)2/h5-7,11H,3-4,8H2,1-2H3,(H,16,19)(H,17,18). The highest BCUT2D eigenvalue weighted by molar-refractivity contribution is 9.10. The molecule has 1 aromatic rings. The smallest absolute Gasteiger partial charge is 0.305 e. The van der Waals surface area contributed by atoms with E-state index in [1.165, 1.54) is 0 Å². The Morgan fingerprint density at radius 1 is 1.42 bits per heavy atom. The number of rotatable bonds is 6. The average Bonchev–Trinajstić information content (AvgIpc) is 2.31. The van der Waals surface area contributed by atoms with Crippen LogP contribution < -0.4 is 5.32 Å². The Labute approximate surface area is 121 Å². The summed E-state index contributed by atoms with van der Waals surface area (Å²) in [6.45, 7) is 3.82. The summed E-state index contributed by atoms with van der Waals surface area (Å²) in [6, 6.07) is 5.14. The Morgan fingerprint density at radius 3 is 2.68 bits per heavy atom. The summed E-state index contributed by atoms with van der Waals surface area (Å²) in [5.74, 6) is -1.12. The zero-order chi connectivity index (χ0) is 14.4. The van der Waals surface area contributed by atoms with Crippen molar-refractivity contribution in [1.82, 2.24) is 5.32 Å². The summed E-state index contributed by atoms with van der Waals surface area (Å²) < 4.78 is 0.827. The molecule has 0 saturated carbocycles. The molecule has 0 aliphatic rings. The van der Waals surface area contributed by atoms with Gasteiger partial charge in [0.1, 0.15) is 0 Å². The van der Waals surface area contributed by atoms with Gasteiger partial charge in [-0.05, 0) is 31.0 Å². The van der Waals surface area contributed by atoms with Gasteiger partial charge in [-0.15, -0.1) is 0 Å². The topological polar surface area (TPSA) is 66.4 Å². The van der Waals surface area contributed by atoms with Crippen molar-refractivity contribution in [3.05, 3.63) is 33.8 Å². The minimum absolute atomic E-state index is 0.0490. The molecule has 104 valence electrons. The lowest BCUT2D eigenvalue weighted by molar-refractivity contribution is -0.137. The molecule has 0 radical (unpaired) electrons. The third kappa shape index (κ3) is 5.03. The zero-order valence-corrected chi connectivity index (χ0v) is 12.7. The molecule has 0 aliphatic carbocycles. The van der Waals surface area contributed by atoms with E-state index < -0.39 is 5.97 Å². The molecule has 0 heterocycles. The fourth-order valence-corrected chi connectivity index (χ4v) is 2.25. The summed E-state index contributed by atoms with van der Waals surface area (Å²) in [4.78, 5) is 22.9. The number of carbonyl (C=O) groups is 2. The van der Waals surface area contributed by atoms with E-state index in [4.69, 9.17) is 5.11 Å². The molecule has 0 fully saturated rings. The first-order chi connectivity index (χ1) is 8.93. The van der Waals surface area contributed by atoms with Crippen molar-refractivity contribution in [2.45, 2.75) is 39.2 Å². The molecule has 0 aromatic heterocycles. The van der Waals surface area contributed by atoms with Crippen LogP contribution in [0, 0.1) is 6.92 Å². The van der Waals surface area contributed by atoms with E-state index in [1.54, 1.807) is 6.07 Å². The zero-order valence-electron chi connectivity index (χ0n) is 11.1. The van der Waals surface area contributed by atoms with Crippen molar-refractivity contribution >= 4 is 27.8 Å². The predicted molar refractivity (Wildman–Crippen MR) is 77.3 cm³/mol. The molecule has 19 heavy (non-hydrogen) atoms. The second-order valence-corrected chi connectivity index (χ2v) is 5.43. The lowest BCUT2D eigenvalue weighted by Crippen LogP contribution is -2.36. The van der Waals surface area contributed by atoms with Crippen LogP contribution in [0.15, 0.2) is 22.7 Å². The Hall–Kier alpha value is -1.36. The van der Waals surface area contributed by atoms with Gasteiger partial charge in [-0.1, -0.05) is 35.3 Å². The lowest BCUT2D eigenvalue weighted by atomic mass is 10.1. The fourth-order valence-electron chi connectivity index (χ4n) is 1.89. The molecule has 1 atom stereocenters. The maximum absolute atomic E-state index is 12.2. The third-order valence-corrected chi connectivity index (χ3v) is 3.33. The highest BCUT2D eigenvalue weighted by atomic mass is 79.9. The Kier molecular flexibility index (Phi) is 6.02. The van der Waals surface area contributed by atoms with Gasteiger partial charge in [-0.2, -0.15) is 0 Å². The lowest BCUT2D eigenvalue weighted by Gasteiger charge is -2.17. The minimum Gasteiger partial charge on any atom is -0.481 e. The van der Waals surface area contributed by atoms with E-state index in [0.717, 1.165) is 16.5 Å². The van der Waals surface area contributed by atoms with E-state index in [1.807, 2.05) is 26.0 Å². The van der Waals surface area contributed by atoms with E-state index in [9.17, 15) is 9.59 Å². The molecule has 1 aromatic carbocycles. The normalized spacial score (nSPS) is 11.9. The number of aliphatic carboxylic acids is 1. The first kappa shape index (κ1) is 15.7. The Balaban J connectivity index is 2.81. The van der Waals surface area contributed by atoms with Crippen molar-refractivity contribution in [2.75, 3.05) is 0 Å². The van der Waals surface area contributed by atoms with E-state index in [0.29, 0.717) is 12.0 Å². The number of amides is 1. The Bertz CT molecular complexity index is 474. The largest absolute Gasteiger partial charge is 0.481 e. The number of nitrogens with one attached hydrogen (secondary N) is 1. The van der Waals surface area contributed by atoms with Crippen molar-refractivity contribution < 1.29 is 14.7 Å². The summed E-state index contributed by atoms with van der Waals surface area (Å²) in [6.07, 6.45) is 1.44. The number of carboxylic acid groups (broad SMARTS) is 1. The third-order valence-electron chi connectivity index (χ3n) is 2.84. The summed E-state index contributed by atoms with van der Waals surface area (Å²) in [7, 11) is 0. The molecular formula is C14H18BrNO3.